The number of carbonyl (C=O) groups is 1. The molecule has 0 bridgehead atoms. The summed E-state index contributed by atoms with van der Waals surface area (Å²) in [6, 6.07) is 13.0. The van der Waals surface area contributed by atoms with E-state index in [0.29, 0.717) is 10.7 Å². The van der Waals surface area contributed by atoms with Crippen molar-refractivity contribution in [3.63, 3.8) is 0 Å². The second-order valence-electron chi connectivity index (χ2n) is 6.48. The van der Waals surface area contributed by atoms with Crippen molar-refractivity contribution >= 4 is 34.8 Å². The van der Waals surface area contributed by atoms with E-state index < -0.39 is 0 Å². The molecular weight excluding hydrogens is 348 g/mol. The minimum Gasteiger partial charge on any atom is -0.325 e. The molecule has 0 saturated heterocycles. The zero-order valence-electron chi connectivity index (χ0n) is 14.7. The molecule has 6 heteroatoms. The number of rotatable bonds is 2. The van der Waals surface area contributed by atoms with Crippen molar-refractivity contribution in [3.05, 3.63) is 70.4 Å². The lowest BCUT2D eigenvalue weighted by Crippen LogP contribution is -2.26. The molecule has 0 radical (unpaired) electrons. The average Bonchev–Trinajstić information content (AvgIpc) is 3.20. The predicted molar refractivity (Wildman–Crippen MR) is 105 cm³/mol. The smallest absolute Gasteiger partial charge is 0.325 e. The lowest BCUT2D eigenvalue weighted by molar-refractivity contribution is 0.251. The van der Waals surface area contributed by atoms with Crippen molar-refractivity contribution in [3.8, 4) is 0 Å². The molecule has 2 heterocycles. The summed E-state index contributed by atoms with van der Waals surface area (Å²) in [5.74, 6) is 0.842. The SMILES string of the molecule is Cc1cccc(C)c1N1CCc2cnn(C(=O)Nc3ccc(Cl)cc3)c21. The van der Waals surface area contributed by atoms with E-state index in [0.717, 1.165) is 30.0 Å². The minimum atomic E-state index is -0.285. The van der Waals surface area contributed by atoms with Crippen molar-refractivity contribution < 1.29 is 4.79 Å². The Bertz CT molecular complexity index is 958. The minimum absolute atomic E-state index is 0.285. The molecule has 0 atom stereocenters. The summed E-state index contributed by atoms with van der Waals surface area (Å²) in [4.78, 5) is 15.0. The van der Waals surface area contributed by atoms with Crippen LogP contribution < -0.4 is 10.2 Å². The first-order valence-corrected chi connectivity index (χ1v) is 8.90. The Kier molecular flexibility index (Phi) is 4.17. The number of amides is 1. The first kappa shape index (κ1) is 16.7. The van der Waals surface area contributed by atoms with E-state index in [1.807, 2.05) is 0 Å². The average molecular weight is 367 g/mol. The number of fused-ring (bicyclic) bond motifs is 1. The molecular formula is C20H19ClN4O. The molecule has 0 saturated carbocycles. The van der Waals surface area contributed by atoms with Gasteiger partial charge < -0.3 is 10.2 Å². The second kappa shape index (κ2) is 6.50. The Morgan fingerprint density at radius 3 is 2.50 bits per heavy atom. The summed E-state index contributed by atoms with van der Waals surface area (Å²) in [5, 5.41) is 7.83. The van der Waals surface area contributed by atoms with Gasteiger partial charge in [0.2, 0.25) is 0 Å². The number of hydrogen-bond acceptors (Lipinski definition) is 3. The van der Waals surface area contributed by atoms with Crippen molar-refractivity contribution in [2.45, 2.75) is 20.3 Å². The third-order valence-corrected chi connectivity index (χ3v) is 4.93. The molecule has 0 unspecified atom stereocenters. The van der Waals surface area contributed by atoms with Crippen molar-refractivity contribution in [2.75, 3.05) is 16.8 Å². The summed E-state index contributed by atoms with van der Waals surface area (Å²) in [7, 11) is 0. The third-order valence-electron chi connectivity index (χ3n) is 4.67. The maximum atomic E-state index is 12.8. The summed E-state index contributed by atoms with van der Waals surface area (Å²) in [6.45, 7) is 5.02. The lowest BCUT2D eigenvalue weighted by atomic mass is 10.1. The molecule has 5 nitrogen and oxygen atoms in total. The zero-order valence-corrected chi connectivity index (χ0v) is 15.4. The molecule has 1 aliphatic rings. The number of aromatic nitrogens is 2. The Labute approximate surface area is 157 Å². The van der Waals surface area contributed by atoms with E-state index in [2.05, 4.69) is 47.4 Å². The van der Waals surface area contributed by atoms with E-state index in [9.17, 15) is 4.79 Å². The number of aryl methyl sites for hydroxylation is 2. The number of para-hydroxylation sites is 1. The Morgan fingerprint density at radius 1 is 1.12 bits per heavy atom. The van der Waals surface area contributed by atoms with Crippen LogP contribution in [0.2, 0.25) is 5.02 Å². The van der Waals surface area contributed by atoms with Gasteiger partial charge in [0.1, 0.15) is 5.82 Å². The molecule has 0 spiro atoms. The van der Waals surface area contributed by atoms with Gasteiger partial charge in [-0.3, -0.25) is 0 Å². The molecule has 1 aliphatic heterocycles. The largest absolute Gasteiger partial charge is 0.348 e. The van der Waals surface area contributed by atoms with Gasteiger partial charge in [0.05, 0.1) is 6.20 Å². The van der Waals surface area contributed by atoms with Crippen LogP contribution in [0.25, 0.3) is 0 Å². The number of nitrogens with zero attached hydrogens (tertiary/aromatic N) is 3. The van der Waals surface area contributed by atoms with Crippen molar-refractivity contribution in [1.82, 2.24) is 9.78 Å². The maximum absolute atomic E-state index is 12.8. The molecule has 1 N–H and O–H groups in total. The van der Waals surface area contributed by atoms with Gasteiger partial charge in [0.15, 0.2) is 0 Å². The standard InChI is InChI=1S/C20H19ClN4O/c1-13-4-3-5-14(2)18(13)24-11-10-15-12-22-25(19(15)24)20(26)23-17-8-6-16(21)7-9-17/h3-9,12H,10-11H2,1-2H3,(H,23,26). The van der Waals surface area contributed by atoms with Crippen LogP contribution in [-0.2, 0) is 6.42 Å². The molecule has 1 aromatic heterocycles. The molecule has 0 fully saturated rings. The molecule has 132 valence electrons. The zero-order chi connectivity index (χ0) is 18.3. The Hall–Kier alpha value is -2.79. The lowest BCUT2D eigenvalue weighted by Gasteiger charge is -2.24. The van der Waals surface area contributed by atoms with Gasteiger partial charge in [-0.05, 0) is 55.7 Å². The summed E-state index contributed by atoms with van der Waals surface area (Å²) in [5.41, 5.74) is 5.28. The van der Waals surface area contributed by atoms with E-state index in [-0.39, 0.29) is 6.03 Å². The Balaban J connectivity index is 1.69. The molecule has 4 rings (SSSR count). The molecule has 26 heavy (non-hydrogen) atoms. The first-order valence-electron chi connectivity index (χ1n) is 8.52. The van der Waals surface area contributed by atoms with Gasteiger partial charge in [-0.15, -0.1) is 0 Å². The van der Waals surface area contributed by atoms with E-state index in [1.165, 1.54) is 15.8 Å². The summed E-state index contributed by atoms with van der Waals surface area (Å²) in [6.07, 6.45) is 2.65. The number of carbonyl (C=O) groups excluding carboxylic acids is 1. The normalized spacial score (nSPS) is 13.0. The highest BCUT2D eigenvalue weighted by Crippen LogP contribution is 2.38. The van der Waals surface area contributed by atoms with Gasteiger partial charge in [-0.2, -0.15) is 9.78 Å². The number of nitrogens with one attached hydrogen (secondary N) is 1. The van der Waals surface area contributed by atoms with Crippen LogP contribution in [0.5, 0.6) is 0 Å². The molecule has 3 aromatic rings. The van der Waals surface area contributed by atoms with Crippen LogP contribution in [0.15, 0.2) is 48.7 Å². The fourth-order valence-corrected chi connectivity index (χ4v) is 3.61. The van der Waals surface area contributed by atoms with Crippen molar-refractivity contribution in [1.29, 1.82) is 0 Å². The van der Waals surface area contributed by atoms with Crippen LogP contribution in [0.1, 0.15) is 16.7 Å². The number of hydrogen-bond donors (Lipinski definition) is 1. The summed E-state index contributed by atoms with van der Waals surface area (Å²) >= 11 is 5.90. The highest BCUT2D eigenvalue weighted by molar-refractivity contribution is 6.30. The number of halogens is 1. The number of anilines is 3. The topological polar surface area (TPSA) is 50.2 Å². The second-order valence-corrected chi connectivity index (χ2v) is 6.92. The highest BCUT2D eigenvalue weighted by Gasteiger charge is 2.29. The van der Waals surface area contributed by atoms with Gasteiger partial charge in [0, 0.05) is 28.5 Å². The summed E-state index contributed by atoms with van der Waals surface area (Å²) < 4.78 is 1.45. The maximum Gasteiger partial charge on any atom is 0.348 e. The van der Waals surface area contributed by atoms with E-state index in [1.54, 1.807) is 30.5 Å². The molecule has 0 aliphatic carbocycles. The van der Waals surface area contributed by atoms with Crippen molar-refractivity contribution in [2.24, 2.45) is 0 Å². The molecule has 1 amide bonds. The first-order chi connectivity index (χ1) is 12.5. The fourth-order valence-electron chi connectivity index (χ4n) is 3.49. The van der Waals surface area contributed by atoms with E-state index >= 15 is 0 Å². The van der Waals surface area contributed by atoms with E-state index in [4.69, 9.17) is 11.6 Å². The van der Waals surface area contributed by atoms with Crippen LogP contribution in [-0.4, -0.2) is 22.4 Å². The quantitative estimate of drug-likeness (QED) is 0.699. The highest BCUT2D eigenvalue weighted by atomic mass is 35.5. The predicted octanol–water partition coefficient (Wildman–Crippen LogP) is 4.93. The monoisotopic (exact) mass is 366 g/mol. The Morgan fingerprint density at radius 2 is 1.81 bits per heavy atom. The number of benzene rings is 2. The fraction of sp³-hybridized carbons (Fsp3) is 0.200. The van der Waals surface area contributed by atoms with Gasteiger partial charge in [0.25, 0.3) is 0 Å². The van der Waals surface area contributed by atoms with Crippen LogP contribution >= 0.6 is 11.6 Å². The van der Waals surface area contributed by atoms with Crippen LogP contribution in [0, 0.1) is 13.8 Å². The van der Waals surface area contributed by atoms with Crippen LogP contribution in [0.3, 0.4) is 0 Å². The van der Waals surface area contributed by atoms with Gasteiger partial charge >= 0.3 is 6.03 Å². The molecule has 2 aromatic carbocycles. The third kappa shape index (κ3) is 2.84. The van der Waals surface area contributed by atoms with Gasteiger partial charge in [-0.1, -0.05) is 29.8 Å². The van der Waals surface area contributed by atoms with Gasteiger partial charge in [-0.25, -0.2) is 4.79 Å². The van der Waals surface area contributed by atoms with Crippen LogP contribution in [0.4, 0.5) is 22.0 Å².